The maximum atomic E-state index is 9.69. The number of phenols is 1. The van der Waals surface area contributed by atoms with Gasteiger partial charge in [-0.2, -0.15) is 0 Å². The molecule has 0 amide bonds. The molecule has 0 unspecified atom stereocenters. The Kier molecular flexibility index (Phi) is 4.44. The molecule has 0 heterocycles. The zero-order chi connectivity index (χ0) is 12.2. The third-order valence-corrected chi connectivity index (χ3v) is 2.70. The number of phenolic OH excluding ortho intramolecular Hbond substituents is 1. The Bertz CT molecular complexity index is 419. The van der Waals surface area contributed by atoms with Crippen LogP contribution in [0.3, 0.4) is 0 Å². The van der Waals surface area contributed by atoms with Crippen molar-refractivity contribution in [3.8, 4) is 17.6 Å². The molecular weight excluding hydrogens is 264 g/mol. The summed E-state index contributed by atoms with van der Waals surface area (Å²) in [5.41, 5.74) is 1.99. The molecule has 0 bridgehead atoms. The first kappa shape index (κ1) is 13.1. The van der Waals surface area contributed by atoms with Crippen LogP contribution in [-0.2, 0) is 5.41 Å². The minimum absolute atomic E-state index is 0.0829. The molecule has 2 heteroatoms. The van der Waals surface area contributed by atoms with Crippen molar-refractivity contribution in [2.45, 2.75) is 32.6 Å². The summed E-state index contributed by atoms with van der Waals surface area (Å²) in [5, 5.41) is 10.5. The highest BCUT2D eigenvalue weighted by Gasteiger charge is 2.14. The van der Waals surface area contributed by atoms with Crippen molar-refractivity contribution in [3.63, 3.8) is 0 Å². The van der Waals surface area contributed by atoms with Gasteiger partial charge in [0.1, 0.15) is 5.75 Å². The van der Waals surface area contributed by atoms with E-state index in [4.69, 9.17) is 0 Å². The van der Waals surface area contributed by atoms with E-state index in [-0.39, 0.29) is 11.2 Å². The van der Waals surface area contributed by atoms with Gasteiger partial charge in [0.2, 0.25) is 0 Å². The maximum absolute atomic E-state index is 9.69. The Labute approximate surface area is 106 Å². The molecule has 0 aliphatic carbocycles. The summed E-state index contributed by atoms with van der Waals surface area (Å²) in [7, 11) is 0. The first-order chi connectivity index (χ1) is 7.45. The van der Waals surface area contributed by atoms with Gasteiger partial charge in [-0.15, -0.1) is 0 Å². The second-order valence-corrected chi connectivity index (χ2v) is 5.52. The summed E-state index contributed by atoms with van der Waals surface area (Å²) < 4.78 is 0. The predicted octanol–water partition coefficient (Wildman–Crippen LogP) is 3.83. The van der Waals surface area contributed by atoms with Crippen LogP contribution in [0.1, 0.15) is 38.3 Å². The Morgan fingerprint density at radius 3 is 2.56 bits per heavy atom. The van der Waals surface area contributed by atoms with Crippen LogP contribution in [0.25, 0.3) is 0 Å². The molecular formula is C14H17BrO. The molecule has 1 N–H and O–H groups in total. The van der Waals surface area contributed by atoms with E-state index in [0.29, 0.717) is 5.56 Å². The molecule has 0 aromatic heterocycles. The monoisotopic (exact) mass is 280 g/mol. The highest BCUT2D eigenvalue weighted by molar-refractivity contribution is 9.09. The fourth-order valence-corrected chi connectivity index (χ4v) is 1.51. The molecule has 16 heavy (non-hydrogen) atoms. The third kappa shape index (κ3) is 3.57. The lowest BCUT2D eigenvalue weighted by atomic mass is 9.86. The van der Waals surface area contributed by atoms with Gasteiger partial charge in [-0.1, -0.05) is 54.6 Å². The minimum Gasteiger partial charge on any atom is -0.507 e. The minimum atomic E-state index is 0.0829. The molecule has 0 radical (unpaired) electrons. The van der Waals surface area contributed by atoms with Gasteiger partial charge in [-0.05, 0) is 23.1 Å². The van der Waals surface area contributed by atoms with Gasteiger partial charge in [0, 0.05) is 11.8 Å². The molecule has 0 aliphatic rings. The van der Waals surface area contributed by atoms with Crippen LogP contribution in [0.2, 0.25) is 0 Å². The van der Waals surface area contributed by atoms with Crippen LogP contribution >= 0.6 is 15.9 Å². The quantitative estimate of drug-likeness (QED) is 0.612. The molecule has 0 saturated carbocycles. The normalized spacial score (nSPS) is 10.8. The van der Waals surface area contributed by atoms with E-state index in [2.05, 4.69) is 48.5 Å². The van der Waals surface area contributed by atoms with E-state index < -0.39 is 0 Å². The first-order valence-electron chi connectivity index (χ1n) is 5.33. The van der Waals surface area contributed by atoms with Crippen molar-refractivity contribution in [1.82, 2.24) is 0 Å². The van der Waals surface area contributed by atoms with Crippen molar-refractivity contribution in [1.29, 1.82) is 0 Å². The molecule has 86 valence electrons. The zero-order valence-electron chi connectivity index (χ0n) is 9.97. The standard InChI is InChI=1S/C14H17BrO/c1-14(2,3)12-7-8-13(16)11(10-12)6-4-5-9-15/h7-8,10,16H,5,9H2,1-3H3. The SMILES string of the molecule is CC(C)(C)c1ccc(O)c(C#CCCBr)c1. The smallest absolute Gasteiger partial charge is 0.131 e. The Morgan fingerprint density at radius 2 is 2.00 bits per heavy atom. The van der Waals surface area contributed by atoms with E-state index in [1.807, 2.05) is 12.1 Å². The molecule has 0 fully saturated rings. The number of benzene rings is 1. The van der Waals surface area contributed by atoms with Gasteiger partial charge >= 0.3 is 0 Å². The molecule has 1 rings (SSSR count). The first-order valence-corrected chi connectivity index (χ1v) is 6.45. The zero-order valence-corrected chi connectivity index (χ0v) is 11.6. The van der Waals surface area contributed by atoms with Gasteiger partial charge in [0.15, 0.2) is 0 Å². The molecule has 1 aromatic rings. The van der Waals surface area contributed by atoms with Gasteiger partial charge in [0.25, 0.3) is 0 Å². The van der Waals surface area contributed by atoms with E-state index in [1.54, 1.807) is 6.07 Å². The number of hydrogen-bond acceptors (Lipinski definition) is 1. The highest BCUT2D eigenvalue weighted by Crippen LogP contribution is 2.26. The molecule has 1 nitrogen and oxygen atoms in total. The predicted molar refractivity (Wildman–Crippen MR) is 72.1 cm³/mol. The molecule has 0 aliphatic heterocycles. The van der Waals surface area contributed by atoms with E-state index in [1.165, 1.54) is 5.56 Å². The lowest BCUT2D eigenvalue weighted by Gasteiger charge is -2.19. The summed E-state index contributed by atoms with van der Waals surface area (Å²) in [6.07, 6.45) is 0.791. The second kappa shape index (κ2) is 5.41. The van der Waals surface area contributed by atoms with E-state index in [9.17, 15) is 5.11 Å². The average molecular weight is 281 g/mol. The van der Waals surface area contributed by atoms with E-state index >= 15 is 0 Å². The largest absolute Gasteiger partial charge is 0.507 e. The fraction of sp³-hybridized carbons (Fsp3) is 0.429. The number of rotatable bonds is 1. The van der Waals surface area contributed by atoms with Gasteiger partial charge < -0.3 is 5.11 Å². The van der Waals surface area contributed by atoms with Crippen LogP contribution in [0.4, 0.5) is 0 Å². The van der Waals surface area contributed by atoms with Crippen LogP contribution < -0.4 is 0 Å². The molecule has 0 spiro atoms. The van der Waals surface area contributed by atoms with Gasteiger partial charge in [-0.3, -0.25) is 0 Å². The van der Waals surface area contributed by atoms with Crippen LogP contribution in [0.15, 0.2) is 18.2 Å². The fourth-order valence-electron chi connectivity index (χ4n) is 1.31. The van der Waals surface area contributed by atoms with E-state index in [0.717, 1.165) is 11.8 Å². The van der Waals surface area contributed by atoms with Crippen molar-refractivity contribution in [2.75, 3.05) is 5.33 Å². The maximum Gasteiger partial charge on any atom is 0.131 e. The Balaban J connectivity index is 3.06. The highest BCUT2D eigenvalue weighted by atomic mass is 79.9. The van der Waals surface area contributed by atoms with Crippen molar-refractivity contribution in [2.24, 2.45) is 0 Å². The third-order valence-electron chi connectivity index (χ3n) is 2.31. The number of aromatic hydroxyl groups is 1. The number of alkyl halides is 1. The molecule has 0 saturated heterocycles. The Hall–Kier alpha value is -0.940. The number of halogens is 1. The van der Waals surface area contributed by atoms with Gasteiger partial charge in [0.05, 0.1) is 5.56 Å². The van der Waals surface area contributed by atoms with Crippen molar-refractivity contribution in [3.05, 3.63) is 29.3 Å². The van der Waals surface area contributed by atoms with Gasteiger partial charge in [-0.25, -0.2) is 0 Å². The van der Waals surface area contributed by atoms with Crippen LogP contribution in [-0.4, -0.2) is 10.4 Å². The van der Waals surface area contributed by atoms with Crippen molar-refractivity contribution < 1.29 is 5.11 Å². The molecule has 0 atom stereocenters. The topological polar surface area (TPSA) is 20.2 Å². The summed E-state index contributed by atoms with van der Waals surface area (Å²) in [5.74, 6) is 6.27. The van der Waals surface area contributed by atoms with Crippen LogP contribution in [0.5, 0.6) is 5.75 Å². The summed E-state index contributed by atoms with van der Waals surface area (Å²) in [6.45, 7) is 6.44. The molecule has 1 aromatic carbocycles. The number of hydrogen-bond donors (Lipinski definition) is 1. The average Bonchev–Trinajstić information content (AvgIpc) is 2.19. The lowest BCUT2D eigenvalue weighted by Crippen LogP contribution is -2.10. The lowest BCUT2D eigenvalue weighted by molar-refractivity contribution is 0.472. The van der Waals surface area contributed by atoms with Crippen LogP contribution in [0, 0.1) is 11.8 Å². The summed E-state index contributed by atoms with van der Waals surface area (Å²) in [6, 6.07) is 5.64. The van der Waals surface area contributed by atoms with Crippen molar-refractivity contribution >= 4 is 15.9 Å². The summed E-state index contributed by atoms with van der Waals surface area (Å²) in [4.78, 5) is 0. The second-order valence-electron chi connectivity index (χ2n) is 4.72. The Morgan fingerprint density at radius 1 is 1.31 bits per heavy atom. The summed E-state index contributed by atoms with van der Waals surface area (Å²) >= 11 is 3.32.